The van der Waals surface area contributed by atoms with E-state index in [-0.39, 0.29) is 0 Å². The van der Waals surface area contributed by atoms with Crippen molar-refractivity contribution in [3.05, 3.63) is 291 Å². The summed E-state index contributed by atoms with van der Waals surface area (Å²) in [6.07, 6.45) is 0. The van der Waals surface area contributed by atoms with Gasteiger partial charge in [0, 0.05) is 33.4 Å². The van der Waals surface area contributed by atoms with Gasteiger partial charge in [0.05, 0.1) is 0 Å². The highest BCUT2D eigenvalue weighted by Gasteiger charge is 2.17. The highest BCUT2D eigenvalue weighted by Crippen LogP contribution is 2.35. The fraction of sp³-hybridized carbons (Fsp3) is 0. The first kappa shape index (κ1) is 47.2. The van der Waals surface area contributed by atoms with Crippen LogP contribution in [0.5, 0.6) is 0 Å². The summed E-state index contributed by atoms with van der Waals surface area (Å²) in [5.41, 5.74) is 18.5. The molecular formula is C72H48N6. The Morgan fingerprint density at radius 2 is 0.244 bits per heavy atom. The van der Waals surface area contributed by atoms with Crippen molar-refractivity contribution in [3.8, 4) is 135 Å². The molecule has 78 heavy (non-hydrogen) atoms. The molecule has 0 radical (unpaired) electrons. The summed E-state index contributed by atoms with van der Waals surface area (Å²) in [4.78, 5) is 31.1. The Bertz CT molecular complexity index is 3780. The van der Waals surface area contributed by atoms with Crippen molar-refractivity contribution in [1.82, 2.24) is 29.9 Å². The third kappa shape index (κ3) is 10.2. The SMILES string of the molecule is c1ccc(-c2cccc(-c3nc(-c4cccc(-c5ccccc5)c4)nc(-c4cccc(-c5cccc(-c6cccc(-c7nc(-c8cccc(-c9ccccc9)c8)nc(-c8cccc(-c9ccccc9)c8)n7)c6)c5)c4)n3)c2)cc1. The largest absolute Gasteiger partial charge is 0.208 e. The fourth-order valence-electron chi connectivity index (χ4n) is 9.95. The molecule has 2 aromatic heterocycles. The van der Waals surface area contributed by atoms with Gasteiger partial charge in [-0.25, -0.2) is 29.9 Å². The van der Waals surface area contributed by atoms with Gasteiger partial charge in [-0.15, -0.1) is 0 Å². The molecule has 0 atom stereocenters. The van der Waals surface area contributed by atoms with E-state index in [1.165, 1.54) is 0 Å². The lowest BCUT2D eigenvalue weighted by Gasteiger charge is -2.12. The second-order valence-corrected chi connectivity index (χ2v) is 19.1. The molecule has 0 amide bonds. The van der Waals surface area contributed by atoms with E-state index in [0.29, 0.717) is 34.9 Å². The van der Waals surface area contributed by atoms with Crippen LogP contribution in [0, 0.1) is 0 Å². The average Bonchev–Trinajstić information content (AvgIpc) is 3.56. The molecule has 0 N–H and O–H groups in total. The van der Waals surface area contributed by atoms with Gasteiger partial charge >= 0.3 is 0 Å². The lowest BCUT2D eigenvalue weighted by atomic mass is 9.97. The molecule has 0 unspecified atom stereocenters. The minimum atomic E-state index is 0.589. The molecule has 0 saturated carbocycles. The number of nitrogens with zero attached hydrogens (tertiary/aromatic N) is 6. The Kier molecular flexibility index (Phi) is 12.9. The third-order valence-corrected chi connectivity index (χ3v) is 14.0. The lowest BCUT2D eigenvalue weighted by Crippen LogP contribution is -2.00. The monoisotopic (exact) mass is 996 g/mol. The van der Waals surface area contributed by atoms with Gasteiger partial charge in [0.25, 0.3) is 0 Å². The molecule has 0 aliphatic heterocycles. The zero-order valence-electron chi connectivity index (χ0n) is 42.4. The van der Waals surface area contributed by atoms with Crippen LogP contribution in [-0.2, 0) is 0 Å². The normalized spacial score (nSPS) is 11.1. The smallest absolute Gasteiger partial charge is 0.164 e. The van der Waals surface area contributed by atoms with Crippen LogP contribution >= 0.6 is 0 Å². The van der Waals surface area contributed by atoms with Crippen molar-refractivity contribution in [2.24, 2.45) is 0 Å². The van der Waals surface area contributed by atoms with Crippen LogP contribution in [0.15, 0.2) is 291 Å². The minimum Gasteiger partial charge on any atom is -0.208 e. The summed E-state index contributed by atoms with van der Waals surface area (Å²) in [6.45, 7) is 0. The Labute approximate surface area is 453 Å². The highest BCUT2D eigenvalue weighted by molar-refractivity contribution is 5.81. The average molecular weight is 997 g/mol. The van der Waals surface area contributed by atoms with Gasteiger partial charge in [0.2, 0.25) is 0 Å². The summed E-state index contributed by atoms with van der Waals surface area (Å²) >= 11 is 0. The molecule has 0 aliphatic carbocycles. The molecule has 11 aromatic carbocycles. The molecule has 6 nitrogen and oxygen atoms in total. The molecule has 0 bridgehead atoms. The van der Waals surface area contributed by atoms with E-state index in [0.717, 1.165) is 100 Å². The number of aromatic nitrogens is 6. The zero-order chi connectivity index (χ0) is 52.0. The fourth-order valence-corrected chi connectivity index (χ4v) is 9.95. The number of rotatable bonds is 12. The van der Waals surface area contributed by atoms with E-state index in [2.05, 4.69) is 267 Å². The maximum atomic E-state index is 5.20. The van der Waals surface area contributed by atoms with Crippen molar-refractivity contribution in [2.45, 2.75) is 0 Å². The van der Waals surface area contributed by atoms with Gasteiger partial charge in [-0.05, 0) is 109 Å². The molecular weight excluding hydrogens is 949 g/mol. The Morgan fingerprint density at radius 1 is 0.115 bits per heavy atom. The first-order valence-electron chi connectivity index (χ1n) is 26.1. The Morgan fingerprint density at radius 3 is 0.423 bits per heavy atom. The number of hydrogen-bond donors (Lipinski definition) is 0. The Hall–Kier alpha value is -10.6. The molecule has 6 heteroatoms. The minimum absolute atomic E-state index is 0.589. The molecule has 366 valence electrons. The molecule has 0 aliphatic rings. The molecule has 2 heterocycles. The van der Waals surface area contributed by atoms with Crippen LogP contribution in [0.4, 0.5) is 0 Å². The highest BCUT2D eigenvalue weighted by atomic mass is 15.0. The van der Waals surface area contributed by atoms with E-state index in [9.17, 15) is 0 Å². The van der Waals surface area contributed by atoms with Crippen molar-refractivity contribution < 1.29 is 0 Å². The van der Waals surface area contributed by atoms with Gasteiger partial charge in [0.15, 0.2) is 34.9 Å². The molecule has 13 rings (SSSR count). The predicted molar refractivity (Wildman–Crippen MR) is 318 cm³/mol. The van der Waals surface area contributed by atoms with Crippen LogP contribution in [0.3, 0.4) is 0 Å². The molecule has 13 aromatic rings. The summed E-state index contributed by atoms with van der Waals surface area (Å²) < 4.78 is 0. The molecule has 0 fully saturated rings. The first-order valence-corrected chi connectivity index (χ1v) is 26.1. The van der Waals surface area contributed by atoms with E-state index >= 15 is 0 Å². The maximum Gasteiger partial charge on any atom is 0.164 e. The van der Waals surface area contributed by atoms with Gasteiger partial charge in [-0.2, -0.15) is 0 Å². The van der Waals surface area contributed by atoms with Crippen LogP contribution in [0.25, 0.3) is 135 Å². The summed E-state index contributed by atoms with van der Waals surface area (Å²) in [7, 11) is 0. The van der Waals surface area contributed by atoms with Gasteiger partial charge in [-0.1, -0.05) is 249 Å². The maximum absolute atomic E-state index is 5.20. The summed E-state index contributed by atoms with van der Waals surface area (Å²) in [5, 5.41) is 0. The summed E-state index contributed by atoms with van der Waals surface area (Å²) in [6, 6.07) is 101. The van der Waals surface area contributed by atoms with Crippen molar-refractivity contribution in [1.29, 1.82) is 0 Å². The quantitative estimate of drug-likeness (QED) is 0.121. The summed E-state index contributed by atoms with van der Waals surface area (Å²) in [5.74, 6) is 3.58. The zero-order valence-corrected chi connectivity index (χ0v) is 42.4. The third-order valence-electron chi connectivity index (χ3n) is 14.0. The predicted octanol–water partition coefficient (Wildman–Crippen LogP) is 18.1. The topological polar surface area (TPSA) is 77.3 Å². The number of benzene rings is 11. The van der Waals surface area contributed by atoms with Gasteiger partial charge < -0.3 is 0 Å². The molecule has 0 spiro atoms. The van der Waals surface area contributed by atoms with E-state index in [1.807, 2.05) is 24.3 Å². The number of hydrogen-bond acceptors (Lipinski definition) is 6. The van der Waals surface area contributed by atoms with Gasteiger partial charge in [0.1, 0.15) is 0 Å². The Balaban J connectivity index is 0.867. The first-order chi connectivity index (χ1) is 38.6. The van der Waals surface area contributed by atoms with Crippen molar-refractivity contribution >= 4 is 0 Å². The second-order valence-electron chi connectivity index (χ2n) is 19.1. The van der Waals surface area contributed by atoms with Crippen LogP contribution < -0.4 is 0 Å². The van der Waals surface area contributed by atoms with Crippen LogP contribution in [0.2, 0.25) is 0 Å². The lowest BCUT2D eigenvalue weighted by molar-refractivity contribution is 1.07. The van der Waals surface area contributed by atoms with Crippen molar-refractivity contribution in [3.63, 3.8) is 0 Å². The van der Waals surface area contributed by atoms with E-state index in [1.54, 1.807) is 0 Å². The van der Waals surface area contributed by atoms with Crippen LogP contribution in [0.1, 0.15) is 0 Å². The van der Waals surface area contributed by atoms with E-state index in [4.69, 9.17) is 29.9 Å². The van der Waals surface area contributed by atoms with Crippen molar-refractivity contribution in [2.75, 3.05) is 0 Å². The second kappa shape index (κ2) is 21.4. The standard InChI is InChI=1S/C72H48N6/c1-5-20-49(21-6-1)53-28-14-36-61(43-53)67-73-68(62-37-15-29-54(44-62)50-22-7-2-8-23-50)76-71(75-67)65-40-18-34-59(47-65)57-32-13-33-58(42-57)60-35-19-41-66(48-60)72-77-69(63-38-16-30-55(45-63)51-24-9-3-10-25-51)74-70(78-72)64-39-17-31-56(46-64)52-26-11-4-12-27-52/h1-48H. The van der Waals surface area contributed by atoms with Gasteiger partial charge in [-0.3, -0.25) is 0 Å². The van der Waals surface area contributed by atoms with Crippen LogP contribution in [-0.4, -0.2) is 29.9 Å². The molecule has 0 saturated heterocycles. The van der Waals surface area contributed by atoms with E-state index < -0.39 is 0 Å².